The van der Waals surface area contributed by atoms with E-state index in [9.17, 15) is 8.42 Å². The van der Waals surface area contributed by atoms with E-state index in [1.165, 1.54) is 0 Å². The monoisotopic (exact) mass is 219 g/mol. The van der Waals surface area contributed by atoms with Crippen molar-refractivity contribution in [1.82, 2.24) is 0 Å². The van der Waals surface area contributed by atoms with Crippen molar-refractivity contribution in [2.45, 2.75) is 50.8 Å². The minimum atomic E-state index is -2.86. The molecule has 1 fully saturated rings. The van der Waals surface area contributed by atoms with E-state index >= 15 is 0 Å². The first kappa shape index (κ1) is 12.0. The van der Waals surface area contributed by atoms with Crippen LogP contribution >= 0.6 is 0 Å². The number of hydrogen-bond acceptors (Lipinski definition) is 3. The number of nitrogens with two attached hydrogens (primary N) is 1. The molecule has 1 rings (SSSR count). The third kappa shape index (κ3) is 2.11. The predicted octanol–water partition coefficient (Wildman–Crippen LogP) is 1.33. The van der Waals surface area contributed by atoms with E-state index in [0.29, 0.717) is 11.7 Å². The van der Waals surface area contributed by atoms with Crippen molar-refractivity contribution in [3.05, 3.63) is 0 Å². The molecule has 0 aromatic rings. The van der Waals surface area contributed by atoms with E-state index < -0.39 is 14.6 Å². The van der Waals surface area contributed by atoms with Gasteiger partial charge in [0.25, 0.3) is 0 Å². The number of sulfone groups is 1. The summed E-state index contributed by atoms with van der Waals surface area (Å²) in [7, 11) is -2.86. The molecule has 0 aromatic carbocycles. The molecule has 0 amide bonds. The fourth-order valence-electron chi connectivity index (χ4n) is 2.12. The molecule has 4 heteroatoms. The van der Waals surface area contributed by atoms with Crippen molar-refractivity contribution in [1.29, 1.82) is 0 Å². The van der Waals surface area contributed by atoms with Crippen molar-refractivity contribution < 1.29 is 8.42 Å². The summed E-state index contributed by atoms with van der Waals surface area (Å²) in [4.78, 5) is 0. The lowest BCUT2D eigenvalue weighted by molar-refractivity contribution is 0.374. The summed E-state index contributed by atoms with van der Waals surface area (Å²) >= 11 is 0. The largest absolute Gasteiger partial charge is 0.328 e. The maximum atomic E-state index is 11.7. The van der Waals surface area contributed by atoms with E-state index in [-0.39, 0.29) is 6.04 Å². The Hall–Kier alpha value is -0.0900. The molecule has 0 spiro atoms. The highest BCUT2D eigenvalue weighted by Crippen LogP contribution is 2.39. The SMILES string of the molecule is CC(N)CCC1CCS(=O)(=O)C1(C)C. The van der Waals surface area contributed by atoms with Crippen LogP contribution in [0.25, 0.3) is 0 Å². The van der Waals surface area contributed by atoms with Crippen LogP contribution in [0.1, 0.15) is 40.0 Å². The van der Waals surface area contributed by atoms with Gasteiger partial charge in [-0.1, -0.05) is 0 Å². The quantitative estimate of drug-likeness (QED) is 0.779. The van der Waals surface area contributed by atoms with Crippen molar-refractivity contribution >= 4 is 9.84 Å². The highest BCUT2D eigenvalue weighted by molar-refractivity contribution is 7.93. The Morgan fingerprint density at radius 3 is 2.43 bits per heavy atom. The van der Waals surface area contributed by atoms with Crippen molar-refractivity contribution in [3.8, 4) is 0 Å². The third-order valence-electron chi connectivity index (χ3n) is 3.49. The topological polar surface area (TPSA) is 60.2 Å². The molecule has 1 aliphatic rings. The van der Waals surface area contributed by atoms with E-state index in [4.69, 9.17) is 5.73 Å². The first-order chi connectivity index (χ1) is 6.27. The van der Waals surface area contributed by atoms with Crippen LogP contribution in [0.5, 0.6) is 0 Å². The summed E-state index contributed by atoms with van der Waals surface area (Å²) in [5.74, 6) is 0.641. The summed E-state index contributed by atoms with van der Waals surface area (Å²) in [6.07, 6.45) is 2.66. The maximum absolute atomic E-state index is 11.7. The van der Waals surface area contributed by atoms with Gasteiger partial charge < -0.3 is 5.73 Å². The molecule has 3 nitrogen and oxygen atoms in total. The minimum absolute atomic E-state index is 0.175. The molecule has 2 atom stereocenters. The number of rotatable bonds is 3. The molecular weight excluding hydrogens is 198 g/mol. The molecule has 0 saturated carbocycles. The Bertz CT molecular complexity index is 293. The van der Waals surface area contributed by atoms with Gasteiger partial charge in [-0.05, 0) is 46.0 Å². The van der Waals surface area contributed by atoms with Gasteiger partial charge in [0.1, 0.15) is 0 Å². The molecule has 0 radical (unpaired) electrons. The van der Waals surface area contributed by atoms with Crippen LogP contribution in [0, 0.1) is 5.92 Å². The lowest BCUT2D eigenvalue weighted by Crippen LogP contribution is -2.34. The van der Waals surface area contributed by atoms with E-state index in [1.54, 1.807) is 0 Å². The molecule has 1 aliphatic heterocycles. The van der Waals surface area contributed by atoms with E-state index in [1.807, 2.05) is 20.8 Å². The van der Waals surface area contributed by atoms with Crippen LogP contribution < -0.4 is 5.73 Å². The Kier molecular flexibility index (Phi) is 3.26. The van der Waals surface area contributed by atoms with Gasteiger partial charge in [-0.2, -0.15) is 0 Å². The zero-order chi connectivity index (χ0) is 11.0. The average Bonchev–Trinajstić information content (AvgIpc) is 2.20. The fourth-order valence-corrected chi connectivity index (χ4v) is 3.98. The minimum Gasteiger partial charge on any atom is -0.328 e. The zero-order valence-corrected chi connectivity index (χ0v) is 10.1. The lowest BCUT2D eigenvalue weighted by atomic mass is 9.87. The van der Waals surface area contributed by atoms with Gasteiger partial charge >= 0.3 is 0 Å². The Labute approximate surface area is 87.0 Å². The predicted molar refractivity (Wildman–Crippen MR) is 58.9 cm³/mol. The summed E-state index contributed by atoms with van der Waals surface area (Å²) in [6.45, 7) is 5.67. The standard InChI is InChI=1S/C10H21NO2S/c1-8(11)4-5-9-6-7-14(12,13)10(9,2)3/h8-9H,4-7,11H2,1-3H3. The van der Waals surface area contributed by atoms with Gasteiger partial charge in [-0.3, -0.25) is 0 Å². The third-order valence-corrected chi connectivity index (χ3v) is 6.20. The first-order valence-electron chi connectivity index (χ1n) is 5.25. The van der Waals surface area contributed by atoms with E-state index in [2.05, 4.69) is 0 Å². The molecule has 0 aromatic heterocycles. The molecule has 0 bridgehead atoms. The van der Waals surface area contributed by atoms with Crippen LogP contribution in [-0.4, -0.2) is 25.0 Å². The second kappa shape index (κ2) is 3.81. The number of hydrogen-bond donors (Lipinski definition) is 1. The van der Waals surface area contributed by atoms with Crippen molar-refractivity contribution in [2.75, 3.05) is 5.75 Å². The van der Waals surface area contributed by atoms with Crippen LogP contribution in [0.4, 0.5) is 0 Å². The maximum Gasteiger partial charge on any atom is 0.155 e. The first-order valence-corrected chi connectivity index (χ1v) is 6.90. The van der Waals surface area contributed by atoms with Crippen LogP contribution in [0.2, 0.25) is 0 Å². The second-order valence-electron chi connectivity index (χ2n) is 4.96. The van der Waals surface area contributed by atoms with Crippen LogP contribution in [0.3, 0.4) is 0 Å². The molecular formula is C10H21NO2S. The zero-order valence-electron chi connectivity index (χ0n) is 9.29. The lowest BCUT2D eigenvalue weighted by Gasteiger charge is -2.26. The highest BCUT2D eigenvalue weighted by Gasteiger charge is 2.46. The Balaban J connectivity index is 2.66. The summed E-state index contributed by atoms with van der Waals surface area (Å²) in [6, 6.07) is 0.175. The van der Waals surface area contributed by atoms with Gasteiger partial charge in [-0.15, -0.1) is 0 Å². The summed E-state index contributed by atoms with van der Waals surface area (Å²) in [5, 5.41) is 0. The van der Waals surface area contributed by atoms with Crippen LogP contribution in [0.15, 0.2) is 0 Å². The summed E-state index contributed by atoms with van der Waals surface area (Å²) < 4.78 is 22.9. The van der Waals surface area contributed by atoms with Crippen molar-refractivity contribution in [2.24, 2.45) is 11.7 Å². The smallest absolute Gasteiger partial charge is 0.155 e. The van der Waals surface area contributed by atoms with Gasteiger partial charge in [0.2, 0.25) is 0 Å². The Morgan fingerprint density at radius 2 is 2.07 bits per heavy atom. The Morgan fingerprint density at radius 1 is 1.50 bits per heavy atom. The highest BCUT2D eigenvalue weighted by atomic mass is 32.2. The normalized spacial score (nSPS) is 31.6. The summed E-state index contributed by atoms with van der Waals surface area (Å²) in [5.41, 5.74) is 5.68. The van der Waals surface area contributed by atoms with Crippen LogP contribution in [-0.2, 0) is 9.84 Å². The van der Waals surface area contributed by atoms with Crippen molar-refractivity contribution in [3.63, 3.8) is 0 Å². The van der Waals surface area contributed by atoms with E-state index in [0.717, 1.165) is 19.3 Å². The molecule has 2 unspecified atom stereocenters. The molecule has 14 heavy (non-hydrogen) atoms. The molecule has 2 N–H and O–H groups in total. The fraction of sp³-hybridized carbons (Fsp3) is 1.00. The van der Waals surface area contributed by atoms with Gasteiger partial charge in [-0.25, -0.2) is 8.42 Å². The van der Waals surface area contributed by atoms with Gasteiger partial charge in [0, 0.05) is 6.04 Å². The van der Waals surface area contributed by atoms with Gasteiger partial charge in [0.05, 0.1) is 10.5 Å². The molecule has 1 heterocycles. The molecule has 1 saturated heterocycles. The van der Waals surface area contributed by atoms with Gasteiger partial charge in [0.15, 0.2) is 9.84 Å². The molecule has 84 valence electrons. The second-order valence-corrected chi connectivity index (χ2v) is 7.65. The average molecular weight is 219 g/mol. The molecule has 0 aliphatic carbocycles.